The van der Waals surface area contributed by atoms with Crippen LogP contribution in [-0.2, 0) is 4.79 Å². The third-order valence-electron chi connectivity index (χ3n) is 4.32. The molecule has 2 aliphatic heterocycles. The summed E-state index contributed by atoms with van der Waals surface area (Å²) in [5.74, 6) is 0.838. The molecule has 0 bridgehead atoms. The molecule has 2 fully saturated rings. The second-order valence-electron chi connectivity index (χ2n) is 5.77. The molecule has 7 nitrogen and oxygen atoms in total. The zero-order chi connectivity index (χ0) is 16.2. The maximum Gasteiger partial charge on any atom is 0.315 e. The molecule has 7 heteroatoms. The molecule has 0 aromatic heterocycles. The first-order valence-corrected chi connectivity index (χ1v) is 7.89. The van der Waals surface area contributed by atoms with Gasteiger partial charge in [-0.2, -0.15) is 0 Å². The van der Waals surface area contributed by atoms with Gasteiger partial charge in [-0.15, -0.1) is 0 Å². The van der Waals surface area contributed by atoms with Crippen molar-refractivity contribution in [3.8, 4) is 5.75 Å². The summed E-state index contributed by atoms with van der Waals surface area (Å²) in [4.78, 5) is 27.8. The van der Waals surface area contributed by atoms with Gasteiger partial charge in [0.2, 0.25) is 5.91 Å². The van der Waals surface area contributed by atoms with E-state index < -0.39 is 6.04 Å². The van der Waals surface area contributed by atoms with Crippen molar-refractivity contribution in [1.29, 1.82) is 0 Å². The molecule has 3 rings (SSSR count). The number of amides is 3. The van der Waals surface area contributed by atoms with E-state index in [9.17, 15) is 9.59 Å². The number of urea groups is 1. The second kappa shape index (κ2) is 6.76. The Balaban J connectivity index is 1.60. The maximum atomic E-state index is 12.5. The van der Waals surface area contributed by atoms with E-state index in [-0.39, 0.29) is 11.9 Å². The number of hydrogen-bond donors (Lipinski definition) is 2. The van der Waals surface area contributed by atoms with E-state index in [2.05, 4.69) is 15.5 Å². The standard InChI is InChI=1S/C16H22N4O3/c1-23-13-5-3-12(4-6-13)19-7-2-8-20(10-9-19)15(21)14-11-17-16(22)18-14/h3-6,14H,2,7-11H2,1H3,(H2,17,18,22)/t14-/m0/s1. The van der Waals surface area contributed by atoms with Gasteiger partial charge in [-0.3, -0.25) is 4.79 Å². The summed E-state index contributed by atoms with van der Waals surface area (Å²) in [6.07, 6.45) is 0.909. The van der Waals surface area contributed by atoms with Gasteiger partial charge in [0.05, 0.1) is 7.11 Å². The molecule has 3 amide bonds. The average Bonchev–Trinajstić information content (AvgIpc) is 2.87. The van der Waals surface area contributed by atoms with Crippen LogP contribution in [0.25, 0.3) is 0 Å². The maximum absolute atomic E-state index is 12.5. The highest BCUT2D eigenvalue weighted by molar-refractivity contribution is 5.90. The molecule has 2 aliphatic rings. The van der Waals surface area contributed by atoms with Crippen LogP contribution < -0.4 is 20.3 Å². The summed E-state index contributed by atoms with van der Waals surface area (Å²) >= 11 is 0. The summed E-state index contributed by atoms with van der Waals surface area (Å²) in [6, 6.07) is 7.27. The van der Waals surface area contributed by atoms with Crippen LogP contribution in [0.2, 0.25) is 0 Å². The number of carbonyl (C=O) groups excluding carboxylic acids is 2. The smallest absolute Gasteiger partial charge is 0.315 e. The summed E-state index contributed by atoms with van der Waals surface area (Å²) in [5, 5.41) is 5.29. The fraction of sp³-hybridized carbons (Fsp3) is 0.500. The van der Waals surface area contributed by atoms with Gasteiger partial charge in [0.15, 0.2) is 0 Å². The lowest BCUT2D eigenvalue weighted by Gasteiger charge is -2.25. The molecular formula is C16H22N4O3. The quantitative estimate of drug-likeness (QED) is 0.847. The number of rotatable bonds is 3. The minimum atomic E-state index is -0.435. The van der Waals surface area contributed by atoms with Crippen molar-refractivity contribution in [3.05, 3.63) is 24.3 Å². The van der Waals surface area contributed by atoms with Crippen LogP contribution in [0, 0.1) is 0 Å². The van der Waals surface area contributed by atoms with Crippen LogP contribution in [0.3, 0.4) is 0 Å². The Morgan fingerprint density at radius 3 is 2.61 bits per heavy atom. The van der Waals surface area contributed by atoms with Gasteiger partial charge in [0, 0.05) is 38.4 Å². The summed E-state index contributed by atoms with van der Waals surface area (Å²) in [7, 11) is 1.65. The predicted octanol–water partition coefficient (Wildman–Crippen LogP) is 0.415. The molecule has 23 heavy (non-hydrogen) atoms. The molecule has 2 heterocycles. The highest BCUT2D eigenvalue weighted by atomic mass is 16.5. The third-order valence-corrected chi connectivity index (χ3v) is 4.32. The predicted molar refractivity (Wildman–Crippen MR) is 86.7 cm³/mol. The fourth-order valence-electron chi connectivity index (χ4n) is 3.01. The van der Waals surface area contributed by atoms with Crippen molar-refractivity contribution >= 4 is 17.6 Å². The van der Waals surface area contributed by atoms with Crippen molar-refractivity contribution in [2.24, 2.45) is 0 Å². The lowest BCUT2D eigenvalue weighted by atomic mass is 10.2. The third kappa shape index (κ3) is 3.49. The highest BCUT2D eigenvalue weighted by Crippen LogP contribution is 2.20. The minimum absolute atomic E-state index is 0.0000640. The molecule has 1 aromatic rings. The van der Waals surface area contributed by atoms with Gasteiger partial charge in [-0.25, -0.2) is 4.79 Å². The van der Waals surface area contributed by atoms with Crippen LogP contribution in [0.15, 0.2) is 24.3 Å². The van der Waals surface area contributed by atoms with E-state index in [1.54, 1.807) is 7.11 Å². The zero-order valence-electron chi connectivity index (χ0n) is 13.2. The molecule has 1 atom stereocenters. The molecule has 0 aliphatic carbocycles. The molecule has 124 valence electrons. The highest BCUT2D eigenvalue weighted by Gasteiger charge is 2.31. The minimum Gasteiger partial charge on any atom is -0.497 e. The fourth-order valence-corrected chi connectivity index (χ4v) is 3.01. The molecular weight excluding hydrogens is 296 g/mol. The summed E-state index contributed by atoms with van der Waals surface area (Å²) in [5.41, 5.74) is 1.14. The number of hydrogen-bond acceptors (Lipinski definition) is 4. The van der Waals surface area contributed by atoms with Crippen LogP contribution in [0.4, 0.5) is 10.5 Å². The van der Waals surface area contributed by atoms with Crippen molar-refractivity contribution in [1.82, 2.24) is 15.5 Å². The van der Waals surface area contributed by atoms with Gasteiger partial charge in [0.25, 0.3) is 0 Å². The van der Waals surface area contributed by atoms with Crippen LogP contribution in [0.5, 0.6) is 5.75 Å². The Hall–Kier alpha value is -2.44. The van der Waals surface area contributed by atoms with Crippen molar-refractivity contribution in [2.75, 3.05) is 44.7 Å². The zero-order valence-corrected chi connectivity index (χ0v) is 13.2. The van der Waals surface area contributed by atoms with Gasteiger partial charge in [-0.05, 0) is 30.7 Å². The van der Waals surface area contributed by atoms with E-state index in [0.29, 0.717) is 13.1 Å². The average molecular weight is 318 g/mol. The molecule has 2 N–H and O–H groups in total. The summed E-state index contributed by atoms with van der Waals surface area (Å²) in [6.45, 7) is 3.45. The van der Waals surface area contributed by atoms with E-state index in [0.717, 1.165) is 37.5 Å². The topological polar surface area (TPSA) is 73.9 Å². The Labute approximate surface area is 135 Å². The number of nitrogens with zero attached hydrogens (tertiary/aromatic N) is 2. The number of methoxy groups -OCH3 is 1. The van der Waals surface area contributed by atoms with Gasteiger partial charge in [-0.1, -0.05) is 0 Å². The van der Waals surface area contributed by atoms with E-state index in [1.165, 1.54) is 0 Å². The second-order valence-corrected chi connectivity index (χ2v) is 5.77. The van der Waals surface area contributed by atoms with Crippen molar-refractivity contribution in [3.63, 3.8) is 0 Å². The number of anilines is 1. The van der Waals surface area contributed by atoms with Gasteiger partial charge < -0.3 is 25.2 Å². The number of benzene rings is 1. The SMILES string of the molecule is COc1ccc(N2CCCN(C(=O)[C@@H]3CNC(=O)N3)CC2)cc1. The van der Waals surface area contributed by atoms with Gasteiger partial charge in [0.1, 0.15) is 11.8 Å². The largest absolute Gasteiger partial charge is 0.497 e. The molecule has 1 aromatic carbocycles. The van der Waals surface area contributed by atoms with Crippen LogP contribution in [0.1, 0.15) is 6.42 Å². The lowest BCUT2D eigenvalue weighted by Crippen LogP contribution is -2.46. The van der Waals surface area contributed by atoms with E-state index in [4.69, 9.17) is 4.74 Å². The molecule has 2 saturated heterocycles. The first-order chi connectivity index (χ1) is 11.2. The van der Waals surface area contributed by atoms with Crippen molar-refractivity contribution < 1.29 is 14.3 Å². The lowest BCUT2D eigenvalue weighted by molar-refractivity contribution is -0.132. The Morgan fingerprint density at radius 1 is 1.17 bits per heavy atom. The Morgan fingerprint density at radius 2 is 1.96 bits per heavy atom. The van der Waals surface area contributed by atoms with E-state index >= 15 is 0 Å². The van der Waals surface area contributed by atoms with Crippen LogP contribution in [-0.4, -0.2) is 62.7 Å². The molecule has 0 radical (unpaired) electrons. The molecule has 0 saturated carbocycles. The number of carbonyl (C=O) groups is 2. The van der Waals surface area contributed by atoms with Crippen LogP contribution >= 0.6 is 0 Å². The monoisotopic (exact) mass is 318 g/mol. The first kappa shape index (κ1) is 15.5. The molecule has 0 unspecified atom stereocenters. The molecule has 0 spiro atoms. The number of nitrogens with one attached hydrogen (secondary N) is 2. The summed E-state index contributed by atoms with van der Waals surface area (Å²) < 4.78 is 5.18. The normalized spacial score (nSPS) is 21.4. The van der Waals surface area contributed by atoms with Crippen molar-refractivity contribution in [2.45, 2.75) is 12.5 Å². The number of ether oxygens (including phenoxy) is 1. The van der Waals surface area contributed by atoms with E-state index in [1.807, 2.05) is 29.2 Å². The Bertz CT molecular complexity index is 575. The van der Waals surface area contributed by atoms with Gasteiger partial charge >= 0.3 is 6.03 Å². The first-order valence-electron chi connectivity index (χ1n) is 7.89. The Kier molecular flexibility index (Phi) is 4.55.